The highest BCUT2D eigenvalue weighted by atomic mass is 16.7. The topological polar surface area (TPSA) is 27.7 Å². The quantitative estimate of drug-likeness (QED) is 0.733. The Labute approximate surface area is 121 Å². The number of hydrogen-bond donors (Lipinski definition) is 0. The van der Waals surface area contributed by atoms with Crippen molar-refractivity contribution in [2.24, 2.45) is 0 Å². The van der Waals surface area contributed by atoms with E-state index < -0.39 is 0 Å². The Balaban J connectivity index is 1.82. The lowest BCUT2D eigenvalue weighted by Crippen LogP contribution is -2.42. The maximum absolute atomic E-state index is 6.12. The van der Waals surface area contributed by atoms with Crippen LogP contribution in [-0.4, -0.2) is 24.3 Å². The van der Waals surface area contributed by atoms with Gasteiger partial charge in [0, 0.05) is 0 Å². The van der Waals surface area contributed by atoms with Gasteiger partial charge in [0.15, 0.2) is 0 Å². The van der Waals surface area contributed by atoms with Gasteiger partial charge in [0.2, 0.25) is 0 Å². The molecule has 20 heavy (non-hydrogen) atoms. The van der Waals surface area contributed by atoms with Gasteiger partial charge in [-0.3, -0.25) is 0 Å². The summed E-state index contributed by atoms with van der Waals surface area (Å²) >= 11 is 0. The van der Waals surface area contributed by atoms with Crippen LogP contribution in [0.25, 0.3) is 0 Å². The summed E-state index contributed by atoms with van der Waals surface area (Å²) in [5.74, 6) is 1.43. The minimum Gasteiger partial charge on any atom is -0.492 e. The summed E-state index contributed by atoms with van der Waals surface area (Å²) in [4.78, 5) is 0. The van der Waals surface area contributed by atoms with Gasteiger partial charge in [-0.2, -0.15) is 0 Å². The monoisotopic (exact) mass is 274 g/mol. The van der Waals surface area contributed by atoms with E-state index in [0.717, 1.165) is 12.2 Å². The third-order valence-electron chi connectivity index (χ3n) is 4.89. The van der Waals surface area contributed by atoms with Gasteiger partial charge in [0.25, 0.3) is 0 Å². The zero-order valence-electron chi connectivity index (χ0n) is 13.0. The van der Waals surface area contributed by atoms with Crippen LogP contribution in [0.2, 0.25) is 0 Å². The Hall–Kier alpha value is -0.995. The fourth-order valence-corrected chi connectivity index (χ4v) is 2.89. The van der Waals surface area contributed by atoms with E-state index in [4.69, 9.17) is 14.0 Å². The van der Waals surface area contributed by atoms with Gasteiger partial charge in [-0.25, -0.2) is 0 Å². The second kappa shape index (κ2) is 4.50. The smallest absolute Gasteiger partial charge is 0.492 e. The third-order valence-corrected chi connectivity index (χ3v) is 4.89. The minimum absolute atomic E-state index is 0.0408. The highest BCUT2D eigenvalue weighted by Gasteiger charge is 2.55. The molecule has 2 unspecified atom stereocenters. The molecule has 0 spiro atoms. The van der Waals surface area contributed by atoms with E-state index in [9.17, 15) is 0 Å². The maximum Gasteiger partial charge on any atom is 0.501 e. The van der Waals surface area contributed by atoms with Gasteiger partial charge >= 0.3 is 7.12 Å². The van der Waals surface area contributed by atoms with Crippen LogP contribution in [0.15, 0.2) is 24.3 Å². The number of fused-ring (bicyclic) bond motifs is 1. The molecule has 0 aliphatic carbocycles. The Morgan fingerprint density at radius 3 is 2.30 bits per heavy atom. The van der Waals surface area contributed by atoms with Crippen LogP contribution in [0.5, 0.6) is 5.75 Å². The van der Waals surface area contributed by atoms with Crippen LogP contribution in [0.1, 0.15) is 52.5 Å². The van der Waals surface area contributed by atoms with E-state index in [0.29, 0.717) is 5.92 Å². The molecule has 2 aliphatic heterocycles. The molecule has 108 valence electrons. The number of rotatable bonds is 1. The fourth-order valence-electron chi connectivity index (χ4n) is 2.89. The molecule has 0 amide bonds. The molecule has 0 saturated carbocycles. The second-order valence-electron chi connectivity index (χ2n) is 6.96. The molecular weight excluding hydrogens is 251 g/mol. The zero-order chi connectivity index (χ0) is 14.5. The molecule has 0 N–H and O–H groups in total. The highest BCUT2D eigenvalue weighted by Crippen LogP contribution is 2.42. The molecule has 2 atom stereocenters. The first kappa shape index (κ1) is 14.0. The molecule has 3 rings (SSSR count). The van der Waals surface area contributed by atoms with E-state index in [-0.39, 0.29) is 24.3 Å². The standard InChI is InChI=1S/C16H23BO3/c1-11-10-14(18-13-9-7-6-8-12(11)13)17-19-15(2,3)16(4,5)20-17/h6-9,11,14H,10H2,1-5H3. The van der Waals surface area contributed by atoms with Crippen LogP contribution >= 0.6 is 0 Å². The zero-order valence-corrected chi connectivity index (χ0v) is 13.0. The van der Waals surface area contributed by atoms with E-state index in [1.54, 1.807) is 0 Å². The van der Waals surface area contributed by atoms with Crippen LogP contribution in [0, 0.1) is 0 Å². The van der Waals surface area contributed by atoms with Crippen molar-refractivity contribution in [2.45, 2.75) is 64.2 Å². The largest absolute Gasteiger partial charge is 0.501 e. The maximum atomic E-state index is 6.12. The van der Waals surface area contributed by atoms with E-state index in [1.165, 1.54) is 5.56 Å². The summed E-state index contributed by atoms with van der Waals surface area (Å²) in [6.45, 7) is 10.5. The van der Waals surface area contributed by atoms with Crippen LogP contribution in [-0.2, 0) is 9.31 Å². The summed E-state index contributed by atoms with van der Waals surface area (Å²) in [5, 5.41) is 0. The predicted octanol–water partition coefficient (Wildman–Crippen LogP) is 3.57. The van der Waals surface area contributed by atoms with Crippen molar-refractivity contribution < 1.29 is 14.0 Å². The summed E-state index contributed by atoms with van der Waals surface area (Å²) in [6, 6.07) is 8.20. The van der Waals surface area contributed by atoms with E-state index in [2.05, 4.69) is 46.8 Å². The van der Waals surface area contributed by atoms with Gasteiger partial charge in [0.1, 0.15) is 11.8 Å². The summed E-state index contributed by atoms with van der Waals surface area (Å²) in [5.41, 5.74) is 0.669. The first-order valence-electron chi connectivity index (χ1n) is 7.41. The van der Waals surface area contributed by atoms with Gasteiger partial charge in [-0.05, 0) is 51.7 Å². The average molecular weight is 274 g/mol. The molecule has 2 heterocycles. The Kier molecular flexibility index (Phi) is 3.14. The van der Waals surface area contributed by atoms with Crippen LogP contribution in [0.3, 0.4) is 0 Å². The molecule has 1 saturated heterocycles. The molecule has 0 aromatic heterocycles. The molecular formula is C16H23BO3. The van der Waals surface area contributed by atoms with Gasteiger partial charge in [-0.1, -0.05) is 25.1 Å². The lowest BCUT2D eigenvalue weighted by Gasteiger charge is -2.32. The Bertz CT molecular complexity index is 496. The molecule has 2 aliphatic rings. The molecule has 0 bridgehead atoms. The first-order chi connectivity index (χ1) is 9.30. The lowest BCUT2D eigenvalue weighted by atomic mass is 9.73. The molecule has 0 radical (unpaired) electrons. The van der Waals surface area contributed by atoms with Crippen molar-refractivity contribution in [1.29, 1.82) is 0 Å². The van der Waals surface area contributed by atoms with Crippen molar-refractivity contribution in [1.82, 2.24) is 0 Å². The minimum atomic E-state index is -0.304. The molecule has 1 aromatic carbocycles. The number of benzene rings is 1. The summed E-state index contributed by atoms with van der Waals surface area (Å²) < 4.78 is 18.4. The molecule has 4 heteroatoms. The average Bonchev–Trinajstić information content (AvgIpc) is 2.58. The normalized spacial score (nSPS) is 30.8. The van der Waals surface area contributed by atoms with Gasteiger partial charge < -0.3 is 14.0 Å². The van der Waals surface area contributed by atoms with Crippen molar-refractivity contribution in [3.63, 3.8) is 0 Å². The second-order valence-corrected chi connectivity index (χ2v) is 6.96. The summed E-state index contributed by atoms with van der Waals surface area (Å²) in [7, 11) is -0.296. The van der Waals surface area contributed by atoms with Gasteiger partial charge in [-0.15, -0.1) is 0 Å². The van der Waals surface area contributed by atoms with Crippen molar-refractivity contribution in [3.8, 4) is 5.75 Å². The van der Waals surface area contributed by atoms with E-state index >= 15 is 0 Å². The lowest BCUT2D eigenvalue weighted by molar-refractivity contribution is 0.00578. The highest BCUT2D eigenvalue weighted by molar-refractivity contribution is 6.47. The number of para-hydroxylation sites is 1. The Morgan fingerprint density at radius 1 is 1.05 bits per heavy atom. The van der Waals surface area contributed by atoms with Crippen LogP contribution < -0.4 is 4.74 Å². The van der Waals surface area contributed by atoms with Gasteiger partial charge in [0.05, 0.1) is 11.2 Å². The van der Waals surface area contributed by atoms with E-state index in [1.807, 2.05) is 12.1 Å². The first-order valence-corrected chi connectivity index (χ1v) is 7.41. The predicted molar refractivity (Wildman–Crippen MR) is 80.0 cm³/mol. The van der Waals surface area contributed by atoms with Crippen molar-refractivity contribution in [3.05, 3.63) is 29.8 Å². The van der Waals surface area contributed by atoms with Crippen molar-refractivity contribution in [2.75, 3.05) is 0 Å². The number of ether oxygens (including phenoxy) is 1. The van der Waals surface area contributed by atoms with Crippen molar-refractivity contribution >= 4 is 7.12 Å². The summed E-state index contributed by atoms with van der Waals surface area (Å²) in [6.07, 6.45) is 0.924. The number of hydrogen-bond acceptors (Lipinski definition) is 3. The molecule has 1 fully saturated rings. The third kappa shape index (κ3) is 2.15. The fraction of sp³-hybridized carbons (Fsp3) is 0.625. The Morgan fingerprint density at radius 2 is 1.65 bits per heavy atom. The molecule has 3 nitrogen and oxygen atoms in total. The van der Waals surface area contributed by atoms with Crippen LogP contribution in [0.4, 0.5) is 0 Å². The molecule has 1 aromatic rings. The SMILES string of the molecule is CC1CC(B2OC(C)(C)C(C)(C)O2)Oc2ccccc21.